The third kappa shape index (κ3) is 3.11. The van der Waals surface area contributed by atoms with Gasteiger partial charge in [-0.3, -0.25) is 0 Å². The molecule has 90 valence electrons. The van der Waals surface area contributed by atoms with E-state index in [9.17, 15) is 0 Å². The van der Waals surface area contributed by atoms with Gasteiger partial charge in [0.05, 0.1) is 0 Å². The van der Waals surface area contributed by atoms with E-state index >= 15 is 0 Å². The molecule has 0 aliphatic heterocycles. The first-order chi connectivity index (χ1) is 8.16. The normalized spacial score (nSPS) is 11.1. The number of hydrogen-bond donors (Lipinski definition) is 1. The predicted octanol–water partition coefficient (Wildman–Crippen LogP) is 3.01. The van der Waals surface area contributed by atoms with E-state index in [1.54, 1.807) is 11.3 Å². The highest BCUT2D eigenvalue weighted by Crippen LogP contribution is 2.23. The van der Waals surface area contributed by atoms with Crippen LogP contribution >= 0.6 is 11.3 Å². The molecule has 0 aliphatic carbocycles. The zero-order valence-electron chi connectivity index (χ0n) is 10.4. The molecule has 0 aliphatic rings. The Labute approximate surface area is 106 Å². The summed E-state index contributed by atoms with van der Waals surface area (Å²) in [7, 11) is 0. The number of aromatic nitrogens is 2. The van der Waals surface area contributed by atoms with Crippen molar-refractivity contribution in [2.75, 3.05) is 0 Å². The van der Waals surface area contributed by atoms with Crippen LogP contribution in [0.25, 0.3) is 11.4 Å². The van der Waals surface area contributed by atoms with Gasteiger partial charge in [0, 0.05) is 41.5 Å². The maximum atomic E-state index is 4.42. The van der Waals surface area contributed by atoms with Crippen molar-refractivity contribution >= 4 is 11.3 Å². The van der Waals surface area contributed by atoms with E-state index in [0.29, 0.717) is 6.04 Å². The van der Waals surface area contributed by atoms with Crippen LogP contribution in [0.2, 0.25) is 0 Å². The van der Waals surface area contributed by atoms with Crippen LogP contribution in [0.5, 0.6) is 0 Å². The third-order valence-electron chi connectivity index (χ3n) is 2.52. The molecule has 1 N–H and O–H groups in total. The lowest BCUT2D eigenvalue weighted by Gasteiger charge is -2.07. The summed E-state index contributed by atoms with van der Waals surface area (Å²) in [6, 6.07) is 0.480. The summed E-state index contributed by atoms with van der Waals surface area (Å²) in [4.78, 5) is 8.83. The van der Waals surface area contributed by atoms with E-state index in [4.69, 9.17) is 0 Å². The fraction of sp³-hybridized carbons (Fsp3) is 0.385. The summed E-state index contributed by atoms with van der Waals surface area (Å²) >= 11 is 1.69. The molecule has 0 amide bonds. The molecule has 4 heteroatoms. The molecule has 0 aromatic carbocycles. The highest BCUT2D eigenvalue weighted by Gasteiger charge is 2.05. The van der Waals surface area contributed by atoms with Crippen molar-refractivity contribution in [1.82, 2.24) is 15.3 Å². The van der Waals surface area contributed by atoms with Crippen LogP contribution in [0.4, 0.5) is 0 Å². The van der Waals surface area contributed by atoms with Crippen LogP contribution in [0.1, 0.15) is 25.0 Å². The Morgan fingerprint density at radius 1 is 1.24 bits per heavy atom. The molecule has 2 aromatic rings. The number of aryl methyl sites for hydroxylation is 1. The monoisotopic (exact) mass is 247 g/mol. The maximum absolute atomic E-state index is 4.42. The van der Waals surface area contributed by atoms with Crippen molar-refractivity contribution in [3.63, 3.8) is 0 Å². The molecule has 2 rings (SSSR count). The van der Waals surface area contributed by atoms with Gasteiger partial charge in [0.1, 0.15) is 0 Å². The number of nitrogens with one attached hydrogen (secondary N) is 1. The second kappa shape index (κ2) is 5.38. The molecule has 0 radical (unpaired) electrons. The summed E-state index contributed by atoms with van der Waals surface area (Å²) in [6.07, 6.45) is 3.80. The van der Waals surface area contributed by atoms with Crippen molar-refractivity contribution in [1.29, 1.82) is 0 Å². The van der Waals surface area contributed by atoms with Gasteiger partial charge >= 0.3 is 0 Å². The van der Waals surface area contributed by atoms with Crippen molar-refractivity contribution in [2.24, 2.45) is 0 Å². The number of thiophene rings is 1. The highest BCUT2D eigenvalue weighted by molar-refractivity contribution is 7.08. The van der Waals surface area contributed by atoms with E-state index in [-0.39, 0.29) is 0 Å². The molecule has 0 fully saturated rings. The smallest absolute Gasteiger partial charge is 0.160 e. The summed E-state index contributed by atoms with van der Waals surface area (Å²) < 4.78 is 0. The number of rotatable bonds is 4. The molecule has 3 nitrogen and oxygen atoms in total. The summed E-state index contributed by atoms with van der Waals surface area (Å²) in [5.41, 5.74) is 3.50. The number of nitrogens with zero attached hydrogens (tertiary/aromatic N) is 2. The average Bonchev–Trinajstić information content (AvgIpc) is 2.73. The Balaban J connectivity index is 2.11. The largest absolute Gasteiger partial charge is 0.310 e. The van der Waals surface area contributed by atoms with Crippen LogP contribution in [0.3, 0.4) is 0 Å². The van der Waals surface area contributed by atoms with Gasteiger partial charge in [-0.25, -0.2) is 9.97 Å². The first-order valence-corrected chi connectivity index (χ1v) is 6.68. The Bertz CT molecular complexity index is 474. The third-order valence-corrected chi connectivity index (χ3v) is 3.38. The minimum atomic E-state index is 0.480. The molecular weight excluding hydrogens is 230 g/mol. The van der Waals surface area contributed by atoms with Gasteiger partial charge in [-0.2, -0.15) is 11.3 Å². The summed E-state index contributed by atoms with van der Waals surface area (Å²) in [5.74, 6) is 0.817. The first kappa shape index (κ1) is 12.2. The van der Waals surface area contributed by atoms with Gasteiger partial charge in [0.2, 0.25) is 0 Å². The van der Waals surface area contributed by atoms with Crippen LogP contribution in [-0.2, 0) is 6.54 Å². The fourth-order valence-electron chi connectivity index (χ4n) is 1.50. The molecular formula is C13H17N3S. The van der Waals surface area contributed by atoms with Crippen LogP contribution in [-0.4, -0.2) is 16.0 Å². The Hall–Kier alpha value is -1.26. The molecule has 2 heterocycles. The SMILES string of the molecule is Cc1cscc1-c1ncc(CNC(C)C)cn1. The van der Waals surface area contributed by atoms with Crippen molar-refractivity contribution in [3.05, 3.63) is 34.3 Å². The average molecular weight is 247 g/mol. The van der Waals surface area contributed by atoms with Gasteiger partial charge in [-0.05, 0) is 17.9 Å². The molecule has 0 saturated carbocycles. The summed E-state index contributed by atoms with van der Waals surface area (Å²) in [5, 5.41) is 7.56. The molecule has 0 unspecified atom stereocenters. The Morgan fingerprint density at radius 2 is 1.94 bits per heavy atom. The topological polar surface area (TPSA) is 37.8 Å². The van der Waals surface area contributed by atoms with Gasteiger partial charge in [0.15, 0.2) is 5.82 Å². The van der Waals surface area contributed by atoms with Gasteiger partial charge < -0.3 is 5.32 Å². The lowest BCUT2D eigenvalue weighted by molar-refractivity contribution is 0.587. The van der Waals surface area contributed by atoms with Crippen molar-refractivity contribution < 1.29 is 0 Å². The second-order valence-electron chi connectivity index (χ2n) is 4.42. The zero-order valence-corrected chi connectivity index (χ0v) is 11.2. The molecule has 17 heavy (non-hydrogen) atoms. The summed E-state index contributed by atoms with van der Waals surface area (Å²) in [6.45, 7) is 7.16. The molecule has 0 bridgehead atoms. The number of hydrogen-bond acceptors (Lipinski definition) is 4. The van der Waals surface area contributed by atoms with E-state index in [2.05, 4.69) is 46.8 Å². The standard InChI is InChI=1S/C13H17N3S/c1-9(2)14-4-11-5-15-13(16-6-11)12-8-17-7-10(12)3/h5-9,14H,4H2,1-3H3. The second-order valence-corrected chi connectivity index (χ2v) is 5.16. The quantitative estimate of drug-likeness (QED) is 0.902. The molecule has 0 spiro atoms. The minimum absolute atomic E-state index is 0.480. The van der Waals surface area contributed by atoms with Gasteiger partial charge in [-0.1, -0.05) is 13.8 Å². The molecule has 2 aromatic heterocycles. The minimum Gasteiger partial charge on any atom is -0.310 e. The van der Waals surface area contributed by atoms with E-state index in [1.807, 2.05) is 12.4 Å². The van der Waals surface area contributed by atoms with E-state index in [1.165, 1.54) is 5.56 Å². The Kier molecular flexibility index (Phi) is 3.86. The molecule has 0 saturated heterocycles. The predicted molar refractivity (Wildman–Crippen MR) is 72.1 cm³/mol. The van der Waals surface area contributed by atoms with E-state index in [0.717, 1.165) is 23.5 Å². The zero-order chi connectivity index (χ0) is 12.3. The van der Waals surface area contributed by atoms with Crippen LogP contribution in [0, 0.1) is 6.92 Å². The highest BCUT2D eigenvalue weighted by atomic mass is 32.1. The maximum Gasteiger partial charge on any atom is 0.160 e. The van der Waals surface area contributed by atoms with Gasteiger partial charge in [0.25, 0.3) is 0 Å². The fourth-order valence-corrected chi connectivity index (χ4v) is 2.32. The van der Waals surface area contributed by atoms with Crippen LogP contribution in [0.15, 0.2) is 23.2 Å². The van der Waals surface area contributed by atoms with E-state index < -0.39 is 0 Å². The molecule has 0 atom stereocenters. The lowest BCUT2D eigenvalue weighted by Crippen LogP contribution is -2.21. The van der Waals surface area contributed by atoms with Crippen LogP contribution < -0.4 is 5.32 Å². The Morgan fingerprint density at radius 3 is 2.47 bits per heavy atom. The van der Waals surface area contributed by atoms with Gasteiger partial charge in [-0.15, -0.1) is 0 Å². The van der Waals surface area contributed by atoms with Crippen molar-refractivity contribution in [3.8, 4) is 11.4 Å². The van der Waals surface area contributed by atoms with Crippen molar-refractivity contribution in [2.45, 2.75) is 33.4 Å². The first-order valence-electron chi connectivity index (χ1n) is 5.74. The lowest BCUT2D eigenvalue weighted by atomic mass is 10.2.